The van der Waals surface area contributed by atoms with Gasteiger partial charge in [0, 0.05) is 26.1 Å². The number of fused-ring (bicyclic) bond motifs is 1. The molecule has 6 heteroatoms. The predicted molar refractivity (Wildman–Crippen MR) is 149 cm³/mol. The Kier molecular flexibility index (Phi) is 6.95. The molecular formula is C29H22BrNO2S2. The first-order valence-electron chi connectivity index (χ1n) is 11.1. The molecule has 0 fully saturated rings. The van der Waals surface area contributed by atoms with Crippen LogP contribution in [0.5, 0.6) is 0 Å². The van der Waals surface area contributed by atoms with Gasteiger partial charge in [0.2, 0.25) is 0 Å². The molecular weight excluding hydrogens is 538 g/mol. The lowest BCUT2D eigenvalue weighted by molar-refractivity contribution is 0.587. The van der Waals surface area contributed by atoms with E-state index in [0.717, 1.165) is 30.9 Å². The van der Waals surface area contributed by atoms with Gasteiger partial charge in [0.1, 0.15) is 0 Å². The second-order valence-corrected chi connectivity index (χ2v) is 11.6. The normalized spacial score (nSPS) is 12.2. The molecule has 0 spiro atoms. The molecule has 0 unspecified atom stereocenters. The van der Waals surface area contributed by atoms with Crippen LogP contribution in [-0.2, 0) is 16.4 Å². The minimum absolute atomic E-state index is 0.268. The highest BCUT2D eigenvalue weighted by Gasteiger charge is 2.26. The van der Waals surface area contributed by atoms with Crippen molar-refractivity contribution in [2.75, 3.05) is 0 Å². The molecule has 0 aliphatic carbocycles. The zero-order chi connectivity index (χ0) is 24.3. The van der Waals surface area contributed by atoms with Gasteiger partial charge in [0.05, 0.1) is 16.1 Å². The van der Waals surface area contributed by atoms with E-state index in [4.69, 9.17) is 0 Å². The van der Waals surface area contributed by atoms with Gasteiger partial charge in [-0.3, -0.25) is 0 Å². The Labute approximate surface area is 218 Å². The van der Waals surface area contributed by atoms with E-state index >= 15 is 0 Å². The Hall–Kier alpha value is -3.06. The molecule has 0 saturated heterocycles. The van der Waals surface area contributed by atoms with E-state index in [-0.39, 0.29) is 4.90 Å². The molecule has 35 heavy (non-hydrogen) atoms. The molecule has 0 amide bonds. The maximum absolute atomic E-state index is 14.0. The van der Waals surface area contributed by atoms with Gasteiger partial charge in [-0.05, 0) is 35.9 Å². The summed E-state index contributed by atoms with van der Waals surface area (Å²) in [6, 6.07) is 36.4. The van der Waals surface area contributed by atoms with Crippen LogP contribution < -0.4 is 0 Å². The van der Waals surface area contributed by atoms with Crippen molar-refractivity contribution in [2.45, 2.75) is 21.1 Å². The van der Waals surface area contributed by atoms with Crippen molar-refractivity contribution in [3.05, 3.63) is 133 Å². The van der Waals surface area contributed by atoms with E-state index in [1.807, 2.05) is 97.1 Å². The Morgan fingerprint density at radius 3 is 2.03 bits per heavy atom. The van der Waals surface area contributed by atoms with Crippen LogP contribution in [0, 0.1) is 0 Å². The Morgan fingerprint density at radius 2 is 1.34 bits per heavy atom. The third kappa shape index (κ3) is 4.87. The molecule has 0 radical (unpaired) electrons. The fourth-order valence-electron chi connectivity index (χ4n) is 4.01. The SMILES string of the molecule is O=S(=O)(c1ccccc1)n1c(C/C=C(/Br)c2ccccc2)c(Sc2ccccc2)c2ccccc21. The third-order valence-corrected chi connectivity index (χ3v) is 9.36. The van der Waals surface area contributed by atoms with Crippen molar-refractivity contribution in [3.8, 4) is 0 Å². The van der Waals surface area contributed by atoms with Gasteiger partial charge in [-0.15, -0.1) is 0 Å². The molecule has 0 aliphatic heterocycles. The highest BCUT2D eigenvalue weighted by Crippen LogP contribution is 2.41. The Morgan fingerprint density at radius 1 is 0.771 bits per heavy atom. The largest absolute Gasteiger partial charge is 0.268 e. The van der Waals surface area contributed by atoms with Crippen molar-refractivity contribution in [1.29, 1.82) is 0 Å². The van der Waals surface area contributed by atoms with Gasteiger partial charge >= 0.3 is 0 Å². The first kappa shape index (κ1) is 23.7. The van der Waals surface area contributed by atoms with Gasteiger partial charge in [0.15, 0.2) is 0 Å². The summed E-state index contributed by atoms with van der Waals surface area (Å²) >= 11 is 5.29. The van der Waals surface area contributed by atoms with E-state index in [9.17, 15) is 8.42 Å². The number of rotatable bonds is 7. The van der Waals surface area contributed by atoms with Crippen molar-refractivity contribution in [3.63, 3.8) is 0 Å². The quantitative estimate of drug-likeness (QED) is 0.202. The zero-order valence-electron chi connectivity index (χ0n) is 18.7. The van der Waals surface area contributed by atoms with Crippen LogP contribution in [0.3, 0.4) is 0 Å². The number of benzene rings is 4. The van der Waals surface area contributed by atoms with Crippen LogP contribution >= 0.6 is 27.7 Å². The van der Waals surface area contributed by atoms with Gasteiger partial charge in [-0.1, -0.05) is 119 Å². The minimum atomic E-state index is -3.82. The average Bonchev–Trinajstić information content (AvgIpc) is 3.22. The van der Waals surface area contributed by atoms with E-state index in [2.05, 4.69) is 15.9 Å². The van der Waals surface area contributed by atoms with Crippen molar-refractivity contribution >= 4 is 53.1 Å². The second kappa shape index (κ2) is 10.3. The number of hydrogen-bond acceptors (Lipinski definition) is 3. The van der Waals surface area contributed by atoms with Crippen molar-refractivity contribution in [2.24, 2.45) is 0 Å². The molecule has 5 aromatic rings. The molecule has 0 N–H and O–H groups in total. The molecule has 4 aromatic carbocycles. The zero-order valence-corrected chi connectivity index (χ0v) is 21.9. The van der Waals surface area contributed by atoms with E-state index < -0.39 is 10.0 Å². The summed E-state index contributed by atoms with van der Waals surface area (Å²) in [7, 11) is -3.82. The first-order chi connectivity index (χ1) is 17.1. The van der Waals surface area contributed by atoms with Crippen molar-refractivity contribution in [1.82, 2.24) is 3.97 Å². The van der Waals surface area contributed by atoms with Crippen LogP contribution in [0.2, 0.25) is 0 Å². The van der Waals surface area contributed by atoms with E-state index in [1.165, 1.54) is 3.97 Å². The lowest BCUT2D eigenvalue weighted by atomic mass is 10.2. The minimum Gasteiger partial charge on any atom is -0.236 e. The maximum Gasteiger partial charge on any atom is 0.268 e. The van der Waals surface area contributed by atoms with Crippen LogP contribution in [-0.4, -0.2) is 12.4 Å². The van der Waals surface area contributed by atoms with Gasteiger partial charge < -0.3 is 0 Å². The molecule has 0 aliphatic rings. The summed E-state index contributed by atoms with van der Waals surface area (Å²) < 4.78 is 30.4. The standard InChI is InChI=1S/C29H22BrNO2S2/c30-26(22-12-4-1-5-13-22)20-21-28-29(34-23-14-6-2-7-15-23)25-18-10-11-19-27(25)31(28)35(32,33)24-16-8-3-9-17-24/h1-20H,21H2/b26-20+. The number of allylic oxidation sites excluding steroid dienone is 1. The number of para-hydroxylation sites is 1. The van der Waals surface area contributed by atoms with Crippen LogP contribution in [0.25, 0.3) is 15.4 Å². The number of halogens is 1. The molecule has 174 valence electrons. The fraction of sp³-hybridized carbons (Fsp3) is 0.0345. The molecule has 5 rings (SSSR count). The third-order valence-electron chi connectivity index (χ3n) is 5.64. The predicted octanol–water partition coefficient (Wildman–Crippen LogP) is 8.01. The molecule has 0 atom stereocenters. The summed E-state index contributed by atoms with van der Waals surface area (Å²) in [5, 5.41) is 0.917. The van der Waals surface area contributed by atoms with Crippen molar-refractivity contribution < 1.29 is 8.42 Å². The second-order valence-electron chi connectivity index (χ2n) is 7.91. The van der Waals surface area contributed by atoms with Crippen LogP contribution in [0.4, 0.5) is 0 Å². The summed E-state index contributed by atoms with van der Waals surface area (Å²) in [5.74, 6) is 0. The molecule has 1 aromatic heterocycles. The van der Waals surface area contributed by atoms with Gasteiger partial charge in [-0.2, -0.15) is 0 Å². The number of hydrogen-bond donors (Lipinski definition) is 0. The summed E-state index contributed by atoms with van der Waals surface area (Å²) in [6.07, 6.45) is 2.47. The average molecular weight is 561 g/mol. The van der Waals surface area contributed by atoms with E-state index in [1.54, 1.807) is 36.0 Å². The highest BCUT2D eigenvalue weighted by atomic mass is 79.9. The highest BCUT2D eigenvalue weighted by molar-refractivity contribution is 9.15. The number of aromatic nitrogens is 1. The van der Waals surface area contributed by atoms with Crippen LogP contribution in [0.1, 0.15) is 11.3 Å². The Balaban J connectivity index is 1.73. The van der Waals surface area contributed by atoms with Gasteiger partial charge in [-0.25, -0.2) is 12.4 Å². The Bertz CT molecular complexity index is 1590. The molecule has 0 saturated carbocycles. The molecule has 3 nitrogen and oxygen atoms in total. The lowest BCUT2D eigenvalue weighted by Gasteiger charge is -2.13. The summed E-state index contributed by atoms with van der Waals surface area (Å²) in [6.45, 7) is 0. The van der Waals surface area contributed by atoms with E-state index in [0.29, 0.717) is 11.9 Å². The first-order valence-corrected chi connectivity index (χ1v) is 14.2. The maximum atomic E-state index is 14.0. The number of nitrogens with zero attached hydrogens (tertiary/aromatic N) is 1. The monoisotopic (exact) mass is 559 g/mol. The summed E-state index contributed by atoms with van der Waals surface area (Å²) in [5.41, 5.74) is 2.45. The lowest BCUT2D eigenvalue weighted by Crippen LogP contribution is -2.15. The molecule has 1 heterocycles. The fourth-order valence-corrected chi connectivity index (χ4v) is 7.18. The van der Waals surface area contributed by atoms with Crippen LogP contribution in [0.15, 0.2) is 136 Å². The summed E-state index contributed by atoms with van der Waals surface area (Å²) in [4.78, 5) is 2.26. The van der Waals surface area contributed by atoms with Gasteiger partial charge in [0.25, 0.3) is 10.0 Å². The molecule has 0 bridgehead atoms. The topological polar surface area (TPSA) is 39.1 Å². The smallest absolute Gasteiger partial charge is 0.236 e.